The fourth-order valence-electron chi connectivity index (χ4n) is 6.37. The van der Waals surface area contributed by atoms with Crippen LogP contribution in [0.15, 0.2) is 25.3 Å². The monoisotopic (exact) mass is 1030 g/mol. The minimum Gasteiger partial charge on any atom is -0.460 e. The Morgan fingerprint density at radius 1 is 0.431 bits per heavy atom. The average molecular weight is 1030 g/mol. The molecule has 0 atom stereocenters. The molecule has 0 bridgehead atoms. The van der Waals surface area contributed by atoms with E-state index in [9.17, 15) is 19.2 Å². The highest BCUT2D eigenvalue weighted by atomic mass is 28.5. The first-order chi connectivity index (χ1) is 29.9. The molecule has 0 aromatic heterocycles. The number of amides is 2. The zero-order valence-corrected chi connectivity index (χ0v) is 48.3. The van der Waals surface area contributed by atoms with Crippen LogP contribution >= 0.6 is 0 Å². The van der Waals surface area contributed by atoms with Crippen LogP contribution in [0.1, 0.15) is 12.8 Å². The van der Waals surface area contributed by atoms with Gasteiger partial charge in [-0.1, -0.05) is 13.2 Å². The van der Waals surface area contributed by atoms with Gasteiger partial charge in [-0.05, 0) is 117 Å². The van der Waals surface area contributed by atoms with Crippen LogP contribution in [0.2, 0.25) is 104 Å². The van der Waals surface area contributed by atoms with E-state index in [1.54, 1.807) is 0 Å². The lowest BCUT2D eigenvalue weighted by atomic mass is 9.92. The molecule has 380 valence electrons. The Labute approximate surface area is 396 Å². The number of ether oxygens (including phenoxy) is 8. The molecule has 0 aromatic rings. The van der Waals surface area contributed by atoms with Gasteiger partial charge in [0, 0.05) is 38.5 Å². The molecule has 0 radical (unpaired) electrons. The SMILES string of the molecule is C=CC(=O)OCCOCCNC(=O)OCC(COCCC[Si](C)(O[Si](C)(C)C)O[Si](C)(C)C)(COCCC[Si](C)(O[Si](C)(C)C)O[Si](C)(C)C)COC(=O)NCCOCCOC(=O)C=C. The summed E-state index contributed by atoms with van der Waals surface area (Å²) in [7, 11) is -12.7. The van der Waals surface area contributed by atoms with Crippen LogP contribution < -0.4 is 10.6 Å². The van der Waals surface area contributed by atoms with Gasteiger partial charge >= 0.3 is 41.2 Å². The second-order valence-corrected chi connectivity index (χ2v) is 45.6. The number of hydrogen-bond acceptors (Lipinski definition) is 16. The smallest absolute Gasteiger partial charge is 0.407 e. The van der Waals surface area contributed by atoms with Gasteiger partial charge in [-0.15, -0.1) is 0 Å². The summed E-state index contributed by atoms with van der Waals surface area (Å²) < 4.78 is 71.6. The third kappa shape index (κ3) is 36.6. The molecule has 0 saturated heterocycles. The van der Waals surface area contributed by atoms with Crippen molar-refractivity contribution in [1.82, 2.24) is 10.6 Å². The summed E-state index contributed by atoms with van der Waals surface area (Å²) in [4.78, 5) is 48.6. The molecule has 0 fully saturated rings. The molecule has 0 aliphatic heterocycles. The predicted molar refractivity (Wildman–Crippen MR) is 267 cm³/mol. The quantitative estimate of drug-likeness (QED) is 0.0205. The molecular formula is C41H86N2O16Si6. The molecule has 0 rings (SSSR count). The van der Waals surface area contributed by atoms with Crippen molar-refractivity contribution in [2.45, 2.75) is 117 Å². The van der Waals surface area contributed by atoms with Gasteiger partial charge in [0.2, 0.25) is 0 Å². The molecule has 0 heterocycles. The Morgan fingerprint density at radius 2 is 0.754 bits per heavy atom. The number of carbonyl (C=O) groups excluding carboxylic acids is 4. The lowest BCUT2D eigenvalue weighted by Gasteiger charge is -2.38. The first-order valence-corrected chi connectivity index (χ1v) is 41.1. The standard InChI is InChI=1S/C41H86N2O16Si6/c1-17-37(44)52-29-27-48-25-21-42-39(46)54-35-41(36-55-40(47)43-22-26-49-28-30-53-38(45)18-2,33-50-23-19-31-64(15,56-60(3,4)5)57-61(6,7)8)34-51-24-20-32-65(16,58-62(9,10)11)59-63(12,13)14/h17-18H,1-2,19-36H2,3-16H3,(H,42,46)(H,43,47). The maximum absolute atomic E-state index is 13.0. The van der Waals surface area contributed by atoms with Gasteiger partial charge in [0.1, 0.15) is 26.4 Å². The summed E-state index contributed by atoms with van der Waals surface area (Å²) in [6.07, 6.45) is 2.00. The van der Waals surface area contributed by atoms with Gasteiger partial charge < -0.3 is 65.0 Å². The average Bonchev–Trinajstić information content (AvgIpc) is 3.14. The van der Waals surface area contributed by atoms with Crippen LogP contribution in [0.25, 0.3) is 0 Å². The fourth-order valence-corrected chi connectivity index (χ4v) is 31.4. The van der Waals surface area contributed by atoms with Crippen molar-refractivity contribution in [1.29, 1.82) is 0 Å². The van der Waals surface area contributed by atoms with Crippen molar-refractivity contribution in [2.75, 3.05) is 92.4 Å². The highest BCUT2D eigenvalue weighted by Crippen LogP contribution is 2.28. The van der Waals surface area contributed by atoms with E-state index in [1.165, 1.54) is 0 Å². The topological polar surface area (TPSA) is 203 Å². The van der Waals surface area contributed by atoms with Crippen molar-refractivity contribution >= 4 is 74.5 Å². The first kappa shape index (κ1) is 62.9. The number of hydrogen-bond donors (Lipinski definition) is 2. The summed E-state index contributed by atoms with van der Waals surface area (Å²) in [6.45, 7) is 38.1. The largest absolute Gasteiger partial charge is 0.460 e. The van der Waals surface area contributed by atoms with Gasteiger partial charge in [-0.25, -0.2) is 19.2 Å². The second-order valence-electron chi connectivity index (χ2n) is 19.9. The lowest BCUT2D eigenvalue weighted by molar-refractivity contribution is -0.140. The Morgan fingerprint density at radius 3 is 1.05 bits per heavy atom. The van der Waals surface area contributed by atoms with E-state index < -0.39 is 79.9 Å². The molecule has 65 heavy (non-hydrogen) atoms. The third-order valence-corrected chi connectivity index (χ3v) is 27.3. The van der Waals surface area contributed by atoms with Crippen LogP contribution in [0.3, 0.4) is 0 Å². The molecule has 0 unspecified atom stereocenters. The number of carbonyl (C=O) groups is 4. The first-order valence-electron chi connectivity index (χ1n) is 22.5. The molecule has 2 N–H and O–H groups in total. The lowest BCUT2D eigenvalue weighted by Crippen LogP contribution is -2.52. The molecule has 18 nitrogen and oxygen atoms in total. The molecule has 2 amide bonds. The summed E-state index contributed by atoms with van der Waals surface area (Å²) in [6, 6.07) is 1.45. The Hall–Kier alpha value is -2.06. The summed E-state index contributed by atoms with van der Waals surface area (Å²) >= 11 is 0. The molecule has 0 aromatic carbocycles. The molecule has 0 aliphatic carbocycles. The molecular weight excluding hydrogens is 945 g/mol. The summed E-state index contributed by atoms with van der Waals surface area (Å²) in [5.74, 6) is -1.11. The minimum absolute atomic E-state index is 0.0264. The van der Waals surface area contributed by atoms with Crippen molar-refractivity contribution < 1.29 is 73.5 Å². The molecule has 0 spiro atoms. The minimum atomic E-state index is -2.53. The maximum Gasteiger partial charge on any atom is 0.407 e. The van der Waals surface area contributed by atoms with E-state index in [1.807, 2.05) is 0 Å². The van der Waals surface area contributed by atoms with E-state index in [-0.39, 0.29) is 79.2 Å². The van der Waals surface area contributed by atoms with Crippen molar-refractivity contribution in [2.24, 2.45) is 5.41 Å². The number of alkyl carbamates (subject to hydrolysis) is 2. The Kier molecular flexibility index (Phi) is 30.2. The van der Waals surface area contributed by atoms with Crippen molar-refractivity contribution in [3.63, 3.8) is 0 Å². The van der Waals surface area contributed by atoms with E-state index in [0.29, 0.717) is 26.1 Å². The Bertz CT molecular complexity index is 1280. The van der Waals surface area contributed by atoms with E-state index >= 15 is 0 Å². The summed E-state index contributed by atoms with van der Waals surface area (Å²) in [5.41, 5.74) is -1.12. The molecule has 24 heteroatoms. The van der Waals surface area contributed by atoms with Crippen molar-refractivity contribution in [3.05, 3.63) is 25.3 Å². The normalized spacial score (nSPS) is 12.9. The van der Waals surface area contributed by atoms with Crippen LogP contribution in [-0.4, -0.2) is 167 Å². The number of nitrogens with one attached hydrogen (secondary N) is 2. The zero-order chi connectivity index (χ0) is 49.9. The Balaban J connectivity index is 6.16. The van der Waals surface area contributed by atoms with Crippen LogP contribution in [0, 0.1) is 5.41 Å². The zero-order valence-electron chi connectivity index (χ0n) is 42.3. The third-order valence-electron chi connectivity index (χ3n) is 8.07. The maximum atomic E-state index is 13.0. The van der Waals surface area contributed by atoms with E-state index in [4.69, 9.17) is 54.4 Å². The van der Waals surface area contributed by atoms with Gasteiger partial charge in [0.25, 0.3) is 0 Å². The highest BCUT2D eigenvalue weighted by molar-refractivity contribution is 6.88. The van der Waals surface area contributed by atoms with E-state index in [2.05, 4.69) is 115 Å². The summed E-state index contributed by atoms with van der Waals surface area (Å²) in [5, 5.41) is 5.32. The van der Waals surface area contributed by atoms with Gasteiger partial charge in [-0.2, -0.15) is 0 Å². The van der Waals surface area contributed by atoms with E-state index in [0.717, 1.165) is 24.2 Å². The fraction of sp³-hybridized carbons (Fsp3) is 0.805. The van der Waals surface area contributed by atoms with Gasteiger partial charge in [0.05, 0.1) is 45.1 Å². The van der Waals surface area contributed by atoms with Gasteiger partial charge in [-0.3, -0.25) is 0 Å². The number of esters is 2. The number of rotatable bonds is 38. The molecule has 0 aliphatic rings. The highest BCUT2D eigenvalue weighted by Gasteiger charge is 2.42. The second kappa shape index (κ2) is 31.1. The van der Waals surface area contributed by atoms with Crippen LogP contribution in [0.4, 0.5) is 9.59 Å². The predicted octanol–water partition coefficient (Wildman–Crippen LogP) is 7.28. The van der Waals surface area contributed by atoms with Crippen LogP contribution in [0.5, 0.6) is 0 Å². The van der Waals surface area contributed by atoms with Crippen LogP contribution in [-0.2, 0) is 63.9 Å². The van der Waals surface area contributed by atoms with Gasteiger partial charge in [0.15, 0.2) is 33.3 Å². The molecule has 0 saturated carbocycles. The van der Waals surface area contributed by atoms with Crippen molar-refractivity contribution in [3.8, 4) is 0 Å².